The zero-order chi connectivity index (χ0) is 19.5. The lowest BCUT2D eigenvalue weighted by Crippen LogP contribution is -2.46. The van der Waals surface area contributed by atoms with Crippen LogP contribution in [0.1, 0.15) is 12.5 Å². The van der Waals surface area contributed by atoms with Crippen molar-refractivity contribution in [3.05, 3.63) is 48.0 Å². The highest BCUT2D eigenvalue weighted by Crippen LogP contribution is 2.24. The van der Waals surface area contributed by atoms with Gasteiger partial charge in [-0.15, -0.1) is 5.10 Å². The number of aryl methyl sites for hydroxylation is 1. The van der Waals surface area contributed by atoms with E-state index in [0.29, 0.717) is 0 Å². The molecule has 1 amide bonds. The minimum atomic E-state index is -0.108. The van der Waals surface area contributed by atoms with Crippen LogP contribution < -0.4 is 10.2 Å². The van der Waals surface area contributed by atoms with Crippen molar-refractivity contribution >= 4 is 28.3 Å². The maximum Gasteiger partial charge on any atom is 0.246 e. The first-order valence-corrected chi connectivity index (χ1v) is 9.80. The number of nitrogens with zero attached hydrogens (tertiary/aromatic N) is 5. The fraction of sp³-hybridized carbons (Fsp3) is 0.381. The summed E-state index contributed by atoms with van der Waals surface area (Å²) in [5.41, 5.74) is 4.76. The number of benzene rings is 2. The zero-order valence-electron chi connectivity index (χ0n) is 16.4. The highest BCUT2D eigenvalue weighted by molar-refractivity contribution is 5.92. The summed E-state index contributed by atoms with van der Waals surface area (Å²) in [5, 5.41) is 11.2. The number of hydrogen-bond acceptors (Lipinski definition) is 5. The molecule has 3 aromatic rings. The molecule has 0 spiro atoms. The number of aromatic nitrogens is 3. The van der Waals surface area contributed by atoms with Gasteiger partial charge in [0, 0.05) is 37.6 Å². The molecule has 0 unspecified atom stereocenters. The van der Waals surface area contributed by atoms with Crippen molar-refractivity contribution in [2.24, 2.45) is 0 Å². The van der Waals surface area contributed by atoms with E-state index in [9.17, 15) is 4.79 Å². The molecule has 0 bridgehead atoms. The number of likely N-dealkylation sites (N-methyl/N-ethyl adjacent to an activating group) is 1. The van der Waals surface area contributed by atoms with Crippen LogP contribution in [0.5, 0.6) is 0 Å². The number of anilines is 2. The van der Waals surface area contributed by atoms with Gasteiger partial charge in [-0.2, -0.15) is 0 Å². The minimum absolute atomic E-state index is 0.108. The lowest BCUT2D eigenvalue weighted by atomic mass is 10.1. The molecule has 1 fully saturated rings. The monoisotopic (exact) mass is 378 g/mol. The Morgan fingerprint density at radius 3 is 2.64 bits per heavy atom. The van der Waals surface area contributed by atoms with Crippen molar-refractivity contribution in [2.75, 3.05) is 42.9 Å². The van der Waals surface area contributed by atoms with Gasteiger partial charge in [-0.25, -0.2) is 4.68 Å². The fourth-order valence-corrected chi connectivity index (χ4v) is 3.67. The fourth-order valence-electron chi connectivity index (χ4n) is 3.67. The topological polar surface area (TPSA) is 66.3 Å². The first-order chi connectivity index (χ1) is 13.6. The van der Waals surface area contributed by atoms with Gasteiger partial charge in [0.25, 0.3) is 0 Å². The van der Waals surface area contributed by atoms with E-state index in [0.717, 1.165) is 55.0 Å². The summed E-state index contributed by atoms with van der Waals surface area (Å²) in [6.45, 7) is 9.77. The number of carbonyl (C=O) groups is 1. The summed E-state index contributed by atoms with van der Waals surface area (Å²) in [4.78, 5) is 17.4. The molecule has 2 aromatic carbocycles. The van der Waals surface area contributed by atoms with E-state index in [1.54, 1.807) is 4.68 Å². The van der Waals surface area contributed by atoms with Crippen LogP contribution in [-0.4, -0.2) is 58.5 Å². The lowest BCUT2D eigenvalue weighted by Gasteiger charge is -2.35. The van der Waals surface area contributed by atoms with Crippen LogP contribution >= 0.6 is 0 Å². The molecule has 28 heavy (non-hydrogen) atoms. The lowest BCUT2D eigenvalue weighted by molar-refractivity contribution is -0.116. The number of rotatable bonds is 5. The summed E-state index contributed by atoms with van der Waals surface area (Å²) in [7, 11) is 0. The van der Waals surface area contributed by atoms with Crippen molar-refractivity contribution < 1.29 is 4.79 Å². The number of fused-ring (bicyclic) bond motifs is 1. The van der Waals surface area contributed by atoms with Crippen LogP contribution in [0.2, 0.25) is 0 Å². The van der Waals surface area contributed by atoms with Gasteiger partial charge in [0.15, 0.2) is 0 Å². The van der Waals surface area contributed by atoms with E-state index in [2.05, 4.69) is 44.5 Å². The molecule has 0 aliphatic carbocycles. The van der Waals surface area contributed by atoms with Crippen molar-refractivity contribution in [1.29, 1.82) is 0 Å². The molecule has 1 N–H and O–H groups in total. The number of piperazine rings is 1. The van der Waals surface area contributed by atoms with E-state index in [1.165, 1.54) is 5.69 Å². The number of nitrogens with one attached hydrogen (secondary N) is 1. The van der Waals surface area contributed by atoms with Gasteiger partial charge in [-0.3, -0.25) is 4.79 Å². The summed E-state index contributed by atoms with van der Waals surface area (Å²) in [5.74, 6) is -0.108. The average Bonchev–Trinajstić information content (AvgIpc) is 3.12. The maximum atomic E-state index is 12.5. The molecule has 2 heterocycles. The van der Waals surface area contributed by atoms with Crippen LogP contribution in [0, 0.1) is 6.92 Å². The highest BCUT2D eigenvalue weighted by atomic mass is 16.2. The smallest absolute Gasteiger partial charge is 0.246 e. The minimum Gasteiger partial charge on any atom is -0.369 e. The van der Waals surface area contributed by atoms with Crippen molar-refractivity contribution in [1.82, 2.24) is 19.9 Å². The van der Waals surface area contributed by atoms with E-state index in [4.69, 9.17) is 0 Å². The predicted octanol–water partition coefficient (Wildman–Crippen LogP) is 2.52. The Morgan fingerprint density at radius 1 is 1.11 bits per heavy atom. The molecule has 4 rings (SSSR count). The van der Waals surface area contributed by atoms with Crippen molar-refractivity contribution in [3.8, 4) is 0 Å². The third-order valence-electron chi connectivity index (χ3n) is 5.38. The molecular weight excluding hydrogens is 352 g/mol. The Bertz CT molecular complexity index is 974. The third-order valence-corrected chi connectivity index (χ3v) is 5.38. The summed E-state index contributed by atoms with van der Waals surface area (Å²) in [6, 6.07) is 13.9. The van der Waals surface area contributed by atoms with Gasteiger partial charge in [0.1, 0.15) is 12.1 Å². The average molecular weight is 378 g/mol. The molecule has 1 aromatic heterocycles. The largest absolute Gasteiger partial charge is 0.369 e. The Hall–Kier alpha value is -2.93. The van der Waals surface area contributed by atoms with E-state index in [1.807, 2.05) is 37.3 Å². The molecule has 7 nitrogen and oxygen atoms in total. The van der Waals surface area contributed by atoms with E-state index in [-0.39, 0.29) is 12.5 Å². The van der Waals surface area contributed by atoms with Crippen LogP contribution in [0.15, 0.2) is 42.5 Å². The SMILES string of the molecule is CCN1CCN(c2ccc(NC(=O)Cn3nnc4ccccc43)c(C)c2)CC1. The third kappa shape index (κ3) is 3.84. The van der Waals surface area contributed by atoms with Crippen LogP contribution in [-0.2, 0) is 11.3 Å². The maximum absolute atomic E-state index is 12.5. The second-order valence-electron chi connectivity index (χ2n) is 7.20. The van der Waals surface area contributed by atoms with Gasteiger partial charge in [-0.1, -0.05) is 24.3 Å². The van der Waals surface area contributed by atoms with Crippen LogP contribution in [0.4, 0.5) is 11.4 Å². The number of carbonyl (C=O) groups excluding carboxylic acids is 1. The normalized spacial score (nSPS) is 15.1. The molecule has 0 saturated carbocycles. The molecule has 0 radical (unpaired) electrons. The van der Waals surface area contributed by atoms with Gasteiger partial charge in [-0.05, 0) is 49.4 Å². The van der Waals surface area contributed by atoms with E-state index < -0.39 is 0 Å². The standard InChI is InChI=1S/C21H26N6O/c1-3-25-10-12-26(13-11-25)17-8-9-18(16(2)14-17)22-21(28)15-27-20-7-5-4-6-19(20)23-24-27/h4-9,14H,3,10-13,15H2,1-2H3,(H,22,28). The van der Waals surface area contributed by atoms with Gasteiger partial charge < -0.3 is 15.1 Å². The number of amides is 1. The summed E-state index contributed by atoms with van der Waals surface area (Å²) >= 11 is 0. The molecular formula is C21H26N6O. The highest BCUT2D eigenvalue weighted by Gasteiger charge is 2.17. The zero-order valence-corrected chi connectivity index (χ0v) is 16.4. The van der Waals surface area contributed by atoms with Gasteiger partial charge in [0.05, 0.1) is 5.52 Å². The Morgan fingerprint density at radius 2 is 1.89 bits per heavy atom. The Labute approximate surface area is 164 Å². The van der Waals surface area contributed by atoms with Crippen LogP contribution in [0.25, 0.3) is 11.0 Å². The van der Waals surface area contributed by atoms with Gasteiger partial charge >= 0.3 is 0 Å². The quantitative estimate of drug-likeness (QED) is 0.739. The Balaban J connectivity index is 1.41. The van der Waals surface area contributed by atoms with Crippen molar-refractivity contribution in [3.63, 3.8) is 0 Å². The molecule has 1 aliphatic rings. The summed E-state index contributed by atoms with van der Waals surface area (Å²) < 4.78 is 1.63. The molecule has 7 heteroatoms. The Kier molecular flexibility index (Phi) is 5.25. The second kappa shape index (κ2) is 7.98. The first-order valence-electron chi connectivity index (χ1n) is 9.80. The van der Waals surface area contributed by atoms with Gasteiger partial charge in [0.2, 0.25) is 5.91 Å². The molecule has 0 atom stereocenters. The van der Waals surface area contributed by atoms with Crippen molar-refractivity contribution in [2.45, 2.75) is 20.4 Å². The first kappa shape index (κ1) is 18.4. The molecule has 146 valence electrons. The number of para-hydroxylation sites is 1. The predicted molar refractivity (Wildman–Crippen MR) is 112 cm³/mol. The molecule has 1 aliphatic heterocycles. The van der Waals surface area contributed by atoms with E-state index >= 15 is 0 Å². The summed E-state index contributed by atoms with van der Waals surface area (Å²) in [6.07, 6.45) is 0. The van der Waals surface area contributed by atoms with Crippen LogP contribution in [0.3, 0.4) is 0 Å². The number of hydrogen-bond donors (Lipinski definition) is 1. The molecule has 1 saturated heterocycles. The second-order valence-corrected chi connectivity index (χ2v) is 7.20.